The number of primary amides is 2. The van der Waals surface area contributed by atoms with Crippen molar-refractivity contribution >= 4 is 17.8 Å². The molecule has 0 aliphatic rings. The molecular formula is C13H25N2NaO4. The average Bonchev–Trinajstić information content (AvgIpc) is 2.34. The van der Waals surface area contributed by atoms with Gasteiger partial charge in [0.2, 0.25) is 11.8 Å². The molecule has 3 atom stereocenters. The molecule has 0 saturated carbocycles. The molecule has 0 radical (unpaired) electrons. The van der Waals surface area contributed by atoms with E-state index in [1.807, 2.05) is 13.8 Å². The molecule has 6 nitrogen and oxygen atoms in total. The molecular weight excluding hydrogens is 271 g/mol. The Morgan fingerprint density at radius 3 is 1.55 bits per heavy atom. The second-order valence-electron chi connectivity index (χ2n) is 4.67. The van der Waals surface area contributed by atoms with Crippen LogP contribution in [0.1, 0.15) is 47.0 Å². The smallest absolute Gasteiger partial charge is 0.550 e. The second kappa shape index (κ2) is 13.4. The van der Waals surface area contributed by atoms with Crippen LogP contribution in [0.2, 0.25) is 0 Å². The number of hydrogen-bond donors (Lipinski definition) is 2. The zero-order chi connectivity index (χ0) is 15.6. The van der Waals surface area contributed by atoms with Crippen molar-refractivity contribution in [3.8, 4) is 0 Å². The summed E-state index contributed by atoms with van der Waals surface area (Å²) in [5, 5.41) is 10.3. The van der Waals surface area contributed by atoms with Crippen molar-refractivity contribution in [1.82, 2.24) is 0 Å². The molecule has 0 saturated heterocycles. The first-order valence-electron chi connectivity index (χ1n) is 6.46. The van der Waals surface area contributed by atoms with Gasteiger partial charge >= 0.3 is 29.6 Å². The zero-order valence-electron chi connectivity index (χ0n) is 13.1. The fourth-order valence-corrected chi connectivity index (χ4v) is 1.21. The van der Waals surface area contributed by atoms with E-state index >= 15 is 0 Å². The number of amides is 2. The van der Waals surface area contributed by atoms with Crippen LogP contribution >= 0.6 is 0 Å². The molecule has 0 fully saturated rings. The van der Waals surface area contributed by atoms with E-state index < -0.39 is 17.8 Å². The largest absolute Gasteiger partial charge is 1.00 e. The number of carbonyl (C=O) groups is 3. The Labute approximate surface area is 142 Å². The van der Waals surface area contributed by atoms with Gasteiger partial charge in [0, 0.05) is 17.8 Å². The first-order valence-corrected chi connectivity index (χ1v) is 6.46. The van der Waals surface area contributed by atoms with Gasteiger partial charge < -0.3 is 21.4 Å². The molecule has 2 amide bonds. The van der Waals surface area contributed by atoms with E-state index in [-0.39, 0.29) is 53.7 Å². The number of carboxylic acids is 1. The molecule has 0 aromatic rings. The molecule has 20 heavy (non-hydrogen) atoms. The Morgan fingerprint density at radius 2 is 1.40 bits per heavy atom. The van der Waals surface area contributed by atoms with Gasteiger partial charge in [0.15, 0.2) is 0 Å². The predicted molar refractivity (Wildman–Crippen MR) is 70.4 cm³/mol. The van der Waals surface area contributed by atoms with Gasteiger partial charge in [0.05, 0.1) is 0 Å². The van der Waals surface area contributed by atoms with Crippen molar-refractivity contribution < 1.29 is 49.0 Å². The first-order chi connectivity index (χ1) is 8.67. The number of rotatable bonds is 7. The minimum Gasteiger partial charge on any atom is -0.550 e. The summed E-state index contributed by atoms with van der Waals surface area (Å²) < 4.78 is 0. The molecule has 112 valence electrons. The van der Waals surface area contributed by atoms with E-state index in [2.05, 4.69) is 0 Å². The van der Waals surface area contributed by atoms with Gasteiger partial charge in [-0.15, -0.1) is 0 Å². The standard InChI is InChI=1S/C8H15NO3.C5H11NO.Na/c1-3-6(7(9)10)4-5(2)8(11)12;1-3-4(2)5(6)7;/h5-6H,3-4H2,1-2H3,(H2,9,10)(H,11,12);4H,3H2,1-2H3,(H2,6,7);/q;;+1/p-1. The summed E-state index contributed by atoms with van der Waals surface area (Å²) >= 11 is 0. The van der Waals surface area contributed by atoms with Gasteiger partial charge in [-0.1, -0.05) is 27.7 Å². The van der Waals surface area contributed by atoms with E-state index in [9.17, 15) is 19.5 Å². The fraction of sp³-hybridized carbons (Fsp3) is 0.769. The van der Waals surface area contributed by atoms with Crippen molar-refractivity contribution in [2.45, 2.75) is 47.0 Å². The van der Waals surface area contributed by atoms with Crippen molar-refractivity contribution in [1.29, 1.82) is 0 Å². The summed E-state index contributed by atoms with van der Waals surface area (Å²) in [4.78, 5) is 31.2. The van der Waals surface area contributed by atoms with Crippen LogP contribution < -0.4 is 46.1 Å². The number of nitrogens with two attached hydrogens (primary N) is 2. The van der Waals surface area contributed by atoms with Crippen molar-refractivity contribution in [2.24, 2.45) is 29.2 Å². The monoisotopic (exact) mass is 296 g/mol. The van der Waals surface area contributed by atoms with E-state index in [4.69, 9.17) is 11.5 Å². The third kappa shape index (κ3) is 12.4. The maximum atomic E-state index is 10.7. The van der Waals surface area contributed by atoms with Crippen LogP contribution in [0.4, 0.5) is 0 Å². The van der Waals surface area contributed by atoms with Crippen LogP contribution in [0.25, 0.3) is 0 Å². The number of carbonyl (C=O) groups excluding carboxylic acids is 3. The van der Waals surface area contributed by atoms with Crippen molar-refractivity contribution in [3.05, 3.63) is 0 Å². The minimum absolute atomic E-state index is 0. The maximum Gasteiger partial charge on any atom is 1.00 e. The quantitative estimate of drug-likeness (QED) is 0.480. The van der Waals surface area contributed by atoms with E-state index in [0.29, 0.717) is 6.42 Å². The van der Waals surface area contributed by atoms with Gasteiger partial charge in [-0.05, 0) is 25.2 Å². The Kier molecular flexibility index (Phi) is 16.4. The molecule has 0 bridgehead atoms. The Hall–Kier alpha value is -0.590. The molecule has 4 N–H and O–H groups in total. The van der Waals surface area contributed by atoms with E-state index in [0.717, 1.165) is 6.42 Å². The van der Waals surface area contributed by atoms with Crippen LogP contribution in [-0.2, 0) is 14.4 Å². The average molecular weight is 296 g/mol. The Morgan fingerprint density at radius 1 is 0.950 bits per heavy atom. The predicted octanol–water partition coefficient (Wildman–Crippen LogP) is -3.20. The molecule has 0 aromatic carbocycles. The summed E-state index contributed by atoms with van der Waals surface area (Å²) in [5.74, 6) is -2.69. The molecule has 7 heteroatoms. The molecule has 0 aliphatic carbocycles. The van der Waals surface area contributed by atoms with Crippen molar-refractivity contribution in [2.75, 3.05) is 0 Å². The van der Waals surface area contributed by atoms with Gasteiger partial charge in [0.25, 0.3) is 0 Å². The first kappa shape index (κ1) is 24.4. The summed E-state index contributed by atoms with van der Waals surface area (Å²) in [5.41, 5.74) is 9.95. The third-order valence-electron chi connectivity index (χ3n) is 3.03. The van der Waals surface area contributed by atoms with Crippen LogP contribution in [-0.4, -0.2) is 17.8 Å². The van der Waals surface area contributed by atoms with Crippen LogP contribution in [0.15, 0.2) is 0 Å². The number of carboxylic acid groups (broad SMARTS) is 1. The van der Waals surface area contributed by atoms with E-state index in [1.165, 1.54) is 6.92 Å². The minimum atomic E-state index is -1.13. The van der Waals surface area contributed by atoms with Gasteiger partial charge in [-0.2, -0.15) is 0 Å². The van der Waals surface area contributed by atoms with Gasteiger partial charge in [-0.3, -0.25) is 9.59 Å². The summed E-state index contributed by atoms with van der Waals surface area (Å²) in [7, 11) is 0. The Balaban J connectivity index is -0.000000312. The van der Waals surface area contributed by atoms with Crippen LogP contribution in [0, 0.1) is 17.8 Å². The normalized spacial score (nSPS) is 13.8. The molecule has 0 aromatic heterocycles. The van der Waals surface area contributed by atoms with Crippen LogP contribution in [0.5, 0.6) is 0 Å². The van der Waals surface area contributed by atoms with E-state index in [1.54, 1.807) is 6.92 Å². The Bertz CT molecular complexity index is 311. The fourth-order valence-electron chi connectivity index (χ4n) is 1.21. The molecule has 0 aliphatic heterocycles. The van der Waals surface area contributed by atoms with Gasteiger partial charge in [-0.25, -0.2) is 0 Å². The van der Waals surface area contributed by atoms with Gasteiger partial charge in [0.1, 0.15) is 0 Å². The molecule has 0 spiro atoms. The molecule has 3 unspecified atom stereocenters. The van der Waals surface area contributed by atoms with Crippen molar-refractivity contribution in [3.63, 3.8) is 0 Å². The molecule has 0 rings (SSSR count). The SMILES string of the molecule is CCC(C)C(N)=O.CCC(CC(C)C(=O)[O-])C(N)=O.[Na+]. The molecule has 0 heterocycles. The zero-order valence-corrected chi connectivity index (χ0v) is 15.1. The third-order valence-corrected chi connectivity index (χ3v) is 3.03. The van der Waals surface area contributed by atoms with Crippen LogP contribution in [0.3, 0.4) is 0 Å². The second-order valence-corrected chi connectivity index (χ2v) is 4.67. The topological polar surface area (TPSA) is 126 Å². The summed E-state index contributed by atoms with van der Waals surface area (Å²) in [6, 6.07) is 0. The summed E-state index contributed by atoms with van der Waals surface area (Å²) in [6.45, 7) is 7.08. The summed E-state index contributed by atoms with van der Waals surface area (Å²) in [6.07, 6.45) is 1.69. The number of aliphatic carboxylic acids is 1. The maximum absolute atomic E-state index is 10.7. The number of hydrogen-bond acceptors (Lipinski definition) is 4.